The van der Waals surface area contributed by atoms with Gasteiger partial charge in [0.15, 0.2) is 0 Å². The summed E-state index contributed by atoms with van der Waals surface area (Å²) in [5, 5.41) is 4.92. The summed E-state index contributed by atoms with van der Waals surface area (Å²) in [6, 6.07) is 88.1. The fourth-order valence-corrected chi connectivity index (χ4v) is 8.91. The van der Waals surface area contributed by atoms with Gasteiger partial charge in [-0.3, -0.25) is 0 Å². The first-order valence-corrected chi connectivity index (χ1v) is 20.6. The molecule has 0 saturated carbocycles. The molecular weight excluding hydrogens is 725 g/mol. The van der Waals surface area contributed by atoms with Gasteiger partial charge in [-0.05, 0) is 104 Å². The molecule has 60 heavy (non-hydrogen) atoms. The van der Waals surface area contributed by atoms with Crippen molar-refractivity contribution < 1.29 is 0 Å². The zero-order valence-electron chi connectivity index (χ0n) is 33.0. The monoisotopic (exact) mass is 764 g/mol. The molecule has 10 aromatic carbocycles. The van der Waals surface area contributed by atoms with Gasteiger partial charge < -0.3 is 9.47 Å². The molecule has 1 heterocycles. The summed E-state index contributed by atoms with van der Waals surface area (Å²) in [6.45, 7) is 0. The number of anilines is 3. The van der Waals surface area contributed by atoms with E-state index < -0.39 is 0 Å². The van der Waals surface area contributed by atoms with Crippen molar-refractivity contribution in [3.63, 3.8) is 0 Å². The van der Waals surface area contributed by atoms with Crippen LogP contribution in [0.4, 0.5) is 17.1 Å². The molecule has 0 N–H and O–H groups in total. The summed E-state index contributed by atoms with van der Waals surface area (Å²) in [5.74, 6) is 0. The summed E-state index contributed by atoms with van der Waals surface area (Å²) >= 11 is 0. The van der Waals surface area contributed by atoms with Gasteiger partial charge in [-0.2, -0.15) is 0 Å². The topological polar surface area (TPSA) is 8.17 Å². The molecule has 0 saturated heterocycles. The van der Waals surface area contributed by atoms with Crippen LogP contribution in [0.25, 0.3) is 82.8 Å². The van der Waals surface area contributed by atoms with Crippen LogP contribution in [-0.4, -0.2) is 4.57 Å². The van der Waals surface area contributed by atoms with E-state index >= 15 is 0 Å². The Bertz CT molecular complexity index is 3300. The Morgan fingerprint density at radius 2 is 0.833 bits per heavy atom. The maximum absolute atomic E-state index is 2.47. The summed E-state index contributed by atoms with van der Waals surface area (Å²) < 4.78 is 2.41. The van der Waals surface area contributed by atoms with E-state index in [0.717, 1.165) is 45.0 Å². The van der Waals surface area contributed by atoms with Gasteiger partial charge in [-0.15, -0.1) is 0 Å². The lowest BCUT2D eigenvalue weighted by Gasteiger charge is -2.30. The molecule has 2 nitrogen and oxygen atoms in total. The van der Waals surface area contributed by atoms with Gasteiger partial charge in [0.2, 0.25) is 0 Å². The predicted octanol–water partition coefficient (Wildman–Crippen LogP) is 16.1. The maximum atomic E-state index is 2.47. The molecular formula is C58H40N2. The predicted molar refractivity (Wildman–Crippen MR) is 255 cm³/mol. The minimum absolute atomic E-state index is 1.07. The molecule has 0 atom stereocenters. The SMILES string of the molecule is c1ccc(-c2ccc(-c3ccccc3)c(N(c3ccc(-c4ccc5ccccc5c4)c(-c4ccccc4)c3)c3ccc4c5ccccc5n(-c5ccccc5)c4c3)c2)cc1. The van der Waals surface area contributed by atoms with E-state index in [-0.39, 0.29) is 0 Å². The van der Waals surface area contributed by atoms with Gasteiger partial charge in [-0.1, -0.05) is 188 Å². The van der Waals surface area contributed by atoms with Crippen molar-refractivity contribution in [1.82, 2.24) is 4.57 Å². The van der Waals surface area contributed by atoms with Crippen LogP contribution >= 0.6 is 0 Å². The van der Waals surface area contributed by atoms with Crippen LogP contribution in [0.1, 0.15) is 0 Å². The van der Waals surface area contributed by atoms with Crippen molar-refractivity contribution >= 4 is 49.6 Å². The van der Waals surface area contributed by atoms with Crippen molar-refractivity contribution in [2.45, 2.75) is 0 Å². The van der Waals surface area contributed by atoms with Gasteiger partial charge in [0.05, 0.1) is 16.7 Å². The Morgan fingerprint density at radius 1 is 0.283 bits per heavy atom. The molecule has 11 aromatic rings. The number of para-hydroxylation sites is 2. The highest BCUT2D eigenvalue weighted by Crippen LogP contribution is 2.47. The smallest absolute Gasteiger partial charge is 0.0561 e. The average Bonchev–Trinajstić information content (AvgIpc) is 3.66. The summed E-state index contributed by atoms with van der Waals surface area (Å²) in [6.07, 6.45) is 0. The van der Waals surface area contributed by atoms with Crippen LogP contribution in [-0.2, 0) is 0 Å². The van der Waals surface area contributed by atoms with Gasteiger partial charge in [-0.25, -0.2) is 0 Å². The fourth-order valence-electron chi connectivity index (χ4n) is 8.91. The highest BCUT2D eigenvalue weighted by molar-refractivity contribution is 6.10. The molecule has 11 rings (SSSR count). The minimum atomic E-state index is 1.07. The van der Waals surface area contributed by atoms with Crippen molar-refractivity contribution in [2.75, 3.05) is 4.90 Å². The zero-order chi connectivity index (χ0) is 39.8. The second-order valence-electron chi connectivity index (χ2n) is 15.3. The third-order valence-corrected chi connectivity index (χ3v) is 11.8. The molecule has 0 fully saturated rings. The van der Waals surface area contributed by atoms with Gasteiger partial charge in [0.1, 0.15) is 0 Å². The van der Waals surface area contributed by atoms with E-state index in [1.165, 1.54) is 54.9 Å². The largest absolute Gasteiger partial charge is 0.310 e. The minimum Gasteiger partial charge on any atom is -0.310 e. The van der Waals surface area contributed by atoms with Gasteiger partial charge in [0.25, 0.3) is 0 Å². The molecule has 0 radical (unpaired) electrons. The summed E-state index contributed by atoms with van der Waals surface area (Å²) in [4.78, 5) is 2.47. The second-order valence-corrected chi connectivity index (χ2v) is 15.3. The molecule has 0 spiro atoms. The Hall–Kier alpha value is -7.94. The third kappa shape index (κ3) is 6.32. The molecule has 0 aliphatic carbocycles. The number of nitrogens with zero attached hydrogens (tertiary/aromatic N) is 2. The van der Waals surface area contributed by atoms with Crippen LogP contribution in [0.15, 0.2) is 243 Å². The lowest BCUT2D eigenvalue weighted by molar-refractivity contribution is 1.18. The normalized spacial score (nSPS) is 11.3. The number of rotatable bonds is 8. The molecule has 282 valence electrons. The first-order valence-electron chi connectivity index (χ1n) is 20.6. The van der Waals surface area contributed by atoms with E-state index in [1.54, 1.807) is 0 Å². The van der Waals surface area contributed by atoms with Crippen LogP contribution in [0.5, 0.6) is 0 Å². The molecule has 0 unspecified atom stereocenters. The number of aromatic nitrogens is 1. The van der Waals surface area contributed by atoms with Gasteiger partial charge in [0, 0.05) is 33.4 Å². The fraction of sp³-hybridized carbons (Fsp3) is 0. The van der Waals surface area contributed by atoms with Crippen LogP contribution < -0.4 is 4.90 Å². The second kappa shape index (κ2) is 15.1. The molecule has 0 amide bonds. The highest BCUT2D eigenvalue weighted by atomic mass is 15.1. The lowest BCUT2D eigenvalue weighted by Crippen LogP contribution is -2.12. The number of benzene rings is 10. The standard InChI is InChI=1S/C58H40N2/c1-5-17-41(18-6-1)46-31-34-52(43-20-7-2-8-21-43)57(38-46)59(50-33-36-54-53-27-15-16-28-56(53)60(58(54)40-50)48-25-11-4-12-26-48)49-32-35-51(55(39-49)44-22-9-3-10-23-44)47-30-29-42-19-13-14-24-45(42)37-47/h1-40H. The van der Waals surface area contributed by atoms with E-state index in [2.05, 4.69) is 252 Å². The molecule has 2 heteroatoms. The summed E-state index contributed by atoms with van der Waals surface area (Å²) in [7, 11) is 0. The average molecular weight is 765 g/mol. The first kappa shape index (κ1) is 35.2. The lowest BCUT2D eigenvalue weighted by atomic mass is 9.92. The van der Waals surface area contributed by atoms with Gasteiger partial charge >= 0.3 is 0 Å². The zero-order valence-corrected chi connectivity index (χ0v) is 33.0. The Balaban J connectivity index is 1.21. The van der Waals surface area contributed by atoms with Crippen molar-refractivity contribution in [3.05, 3.63) is 243 Å². The maximum Gasteiger partial charge on any atom is 0.0561 e. The quantitative estimate of drug-likeness (QED) is 0.150. The first-order chi connectivity index (χ1) is 29.8. The molecule has 0 bridgehead atoms. The Morgan fingerprint density at radius 3 is 1.58 bits per heavy atom. The van der Waals surface area contributed by atoms with Crippen LogP contribution in [0.2, 0.25) is 0 Å². The Kier molecular flexibility index (Phi) is 8.87. The number of fused-ring (bicyclic) bond motifs is 4. The van der Waals surface area contributed by atoms with Crippen LogP contribution in [0, 0.1) is 0 Å². The van der Waals surface area contributed by atoms with Crippen molar-refractivity contribution in [2.24, 2.45) is 0 Å². The van der Waals surface area contributed by atoms with Crippen molar-refractivity contribution in [1.29, 1.82) is 0 Å². The van der Waals surface area contributed by atoms with E-state index in [0.29, 0.717) is 0 Å². The van der Waals surface area contributed by atoms with E-state index in [4.69, 9.17) is 0 Å². The highest BCUT2D eigenvalue weighted by Gasteiger charge is 2.22. The van der Waals surface area contributed by atoms with Crippen molar-refractivity contribution in [3.8, 4) is 50.2 Å². The number of hydrogen-bond donors (Lipinski definition) is 0. The summed E-state index contributed by atoms with van der Waals surface area (Å²) in [5.41, 5.74) is 16.1. The number of hydrogen-bond acceptors (Lipinski definition) is 1. The molecule has 0 aliphatic rings. The van der Waals surface area contributed by atoms with E-state index in [1.807, 2.05) is 0 Å². The molecule has 1 aromatic heterocycles. The molecule has 0 aliphatic heterocycles. The Labute approximate surface area is 350 Å². The third-order valence-electron chi connectivity index (χ3n) is 11.8. The van der Waals surface area contributed by atoms with Crippen LogP contribution in [0.3, 0.4) is 0 Å². The van der Waals surface area contributed by atoms with E-state index in [9.17, 15) is 0 Å².